The Morgan fingerprint density at radius 3 is 2.44 bits per heavy atom. The Kier molecular flexibility index (Phi) is 2.79. The highest BCUT2D eigenvalue weighted by Gasteiger charge is 2.12. The molecule has 1 radical (unpaired) electrons. The highest BCUT2D eigenvalue weighted by Crippen LogP contribution is 2.14. The van der Waals surface area contributed by atoms with E-state index in [-0.39, 0.29) is 0 Å². The second kappa shape index (κ2) is 3.42. The summed E-state index contributed by atoms with van der Waals surface area (Å²) in [5.41, 5.74) is 0. The molecule has 1 aliphatic rings. The van der Waals surface area contributed by atoms with Crippen LogP contribution in [0.4, 0.5) is 0 Å². The topological polar surface area (TPSA) is 3.24 Å². The Balaban J connectivity index is 2.32. The molecule has 1 fully saturated rings. The number of hydrogen-bond acceptors (Lipinski definition) is 2. The van der Waals surface area contributed by atoms with Crippen molar-refractivity contribution in [3.63, 3.8) is 0 Å². The van der Waals surface area contributed by atoms with Gasteiger partial charge in [0.05, 0.1) is 0 Å². The Morgan fingerprint density at radius 2 is 2.00 bits per heavy atom. The summed E-state index contributed by atoms with van der Waals surface area (Å²) in [5, 5.41) is 0. The number of rotatable bonds is 0. The first-order valence-corrected chi connectivity index (χ1v) is 4.45. The van der Waals surface area contributed by atoms with Gasteiger partial charge in [-0.15, -0.1) is 0 Å². The van der Waals surface area contributed by atoms with E-state index < -0.39 is 0 Å². The largest absolute Gasteiger partial charge is 0.358 e. The highest BCUT2D eigenvalue weighted by molar-refractivity contribution is 8.23. The van der Waals surface area contributed by atoms with Crippen LogP contribution in [0, 0.1) is 6.26 Å². The average Bonchev–Trinajstić information content (AvgIpc) is 2.37. The molecule has 0 N–H and O–H groups in total. The third-order valence-electron chi connectivity index (χ3n) is 1.49. The molecule has 0 aromatic rings. The number of nitrogens with zero attached hydrogens (tertiary/aromatic N) is 1. The number of hydrogen-bond donors (Lipinski definition) is 0. The normalized spacial score (nSPS) is 18.6. The molecule has 1 saturated heterocycles. The second-order valence-electron chi connectivity index (χ2n) is 2.10. The van der Waals surface area contributed by atoms with Crippen LogP contribution in [0.5, 0.6) is 0 Å². The fourth-order valence-electron chi connectivity index (χ4n) is 0.991. The molecule has 1 rings (SSSR count). The molecule has 1 aliphatic heterocycles. The molecule has 3 heteroatoms. The van der Waals surface area contributed by atoms with Gasteiger partial charge in [-0.2, -0.15) is 0 Å². The third-order valence-corrected chi connectivity index (χ3v) is 2.60. The third kappa shape index (κ3) is 1.83. The first-order valence-electron chi connectivity index (χ1n) is 3.05. The van der Waals surface area contributed by atoms with Gasteiger partial charge in [-0.3, -0.25) is 0 Å². The minimum atomic E-state index is 0.951. The maximum atomic E-state index is 5.04. The molecule has 1 heterocycles. The van der Waals surface area contributed by atoms with E-state index >= 15 is 0 Å². The van der Waals surface area contributed by atoms with Gasteiger partial charge in [0.15, 0.2) is 0 Å². The molecule has 0 unspecified atom stereocenters. The Bertz CT molecular complexity index is 108. The Morgan fingerprint density at radius 1 is 1.44 bits per heavy atom. The van der Waals surface area contributed by atoms with E-state index in [9.17, 15) is 0 Å². The van der Waals surface area contributed by atoms with Gasteiger partial charge in [0.1, 0.15) is 4.32 Å². The summed E-state index contributed by atoms with van der Waals surface area (Å²) < 4.78 is 0.951. The first-order chi connectivity index (χ1) is 4.34. The van der Waals surface area contributed by atoms with Crippen molar-refractivity contribution in [2.75, 3.05) is 13.1 Å². The van der Waals surface area contributed by atoms with Crippen LogP contribution in [0.15, 0.2) is 0 Å². The maximum Gasteiger partial charge on any atom is 0.136 e. The molecule has 0 aromatic heterocycles. The molecular weight excluding hydrogens is 150 g/mol. The van der Waals surface area contributed by atoms with Crippen molar-refractivity contribution < 1.29 is 0 Å². The molecule has 0 bridgehead atoms. The molecule has 1 nitrogen and oxygen atoms in total. The van der Waals surface area contributed by atoms with Gasteiger partial charge in [0, 0.05) is 19.3 Å². The predicted molar refractivity (Wildman–Crippen MR) is 46.4 cm³/mol. The molecule has 0 aliphatic carbocycles. The minimum absolute atomic E-state index is 0.951. The Labute approximate surface area is 65.8 Å². The molecule has 0 saturated carbocycles. The molecule has 51 valence electrons. The number of likely N-dealkylation sites (tertiary alicyclic amines) is 1. The van der Waals surface area contributed by atoms with E-state index in [0.29, 0.717) is 0 Å². The zero-order valence-corrected chi connectivity index (χ0v) is 6.93. The van der Waals surface area contributed by atoms with Gasteiger partial charge in [-0.1, -0.05) is 24.0 Å². The lowest BCUT2D eigenvalue weighted by molar-refractivity contribution is 0.539. The fourth-order valence-corrected chi connectivity index (χ4v) is 1.54. The van der Waals surface area contributed by atoms with Gasteiger partial charge in [0.2, 0.25) is 0 Å². The predicted octanol–water partition coefficient (Wildman–Crippen LogP) is 1.89. The first kappa shape index (κ1) is 7.35. The lowest BCUT2D eigenvalue weighted by Crippen LogP contribution is -2.22. The molecule has 0 amide bonds. The summed E-state index contributed by atoms with van der Waals surface area (Å²) in [5.74, 6) is 0. The van der Waals surface area contributed by atoms with Crippen molar-refractivity contribution in [2.45, 2.75) is 12.8 Å². The van der Waals surface area contributed by atoms with Crippen molar-refractivity contribution >= 4 is 28.3 Å². The van der Waals surface area contributed by atoms with Gasteiger partial charge in [-0.05, 0) is 12.8 Å². The molecule has 0 spiro atoms. The highest BCUT2D eigenvalue weighted by atomic mass is 32.2. The van der Waals surface area contributed by atoms with E-state index in [2.05, 4.69) is 11.2 Å². The van der Waals surface area contributed by atoms with E-state index in [1.807, 2.05) is 0 Å². The summed E-state index contributed by atoms with van der Waals surface area (Å²) in [6.07, 6.45) is 6.25. The number of thiocarbonyl (C=S) groups is 1. The van der Waals surface area contributed by atoms with Crippen LogP contribution < -0.4 is 0 Å². The van der Waals surface area contributed by atoms with Crippen LogP contribution in [0.1, 0.15) is 12.8 Å². The van der Waals surface area contributed by atoms with E-state index in [1.165, 1.54) is 24.6 Å². The monoisotopic (exact) mass is 160 g/mol. The van der Waals surface area contributed by atoms with Gasteiger partial charge in [0.25, 0.3) is 0 Å². The van der Waals surface area contributed by atoms with Crippen molar-refractivity contribution in [2.24, 2.45) is 0 Å². The van der Waals surface area contributed by atoms with Crippen LogP contribution in [-0.4, -0.2) is 22.3 Å². The second-order valence-corrected chi connectivity index (χ2v) is 3.42. The van der Waals surface area contributed by atoms with Crippen LogP contribution in [-0.2, 0) is 0 Å². The van der Waals surface area contributed by atoms with Crippen molar-refractivity contribution in [3.05, 3.63) is 6.26 Å². The standard InChI is InChI=1S/C6H10NS2/c1-9-6(8)7-4-2-3-5-7/h1-5H2. The minimum Gasteiger partial charge on any atom is -0.358 e. The van der Waals surface area contributed by atoms with E-state index in [0.717, 1.165) is 17.4 Å². The van der Waals surface area contributed by atoms with Gasteiger partial charge >= 0.3 is 0 Å². The van der Waals surface area contributed by atoms with Crippen molar-refractivity contribution in [1.82, 2.24) is 4.90 Å². The maximum absolute atomic E-state index is 5.04. The summed E-state index contributed by atoms with van der Waals surface area (Å²) in [7, 11) is 0. The zero-order chi connectivity index (χ0) is 6.69. The van der Waals surface area contributed by atoms with Gasteiger partial charge < -0.3 is 4.90 Å². The van der Waals surface area contributed by atoms with Gasteiger partial charge in [-0.25, -0.2) is 0 Å². The van der Waals surface area contributed by atoms with Crippen molar-refractivity contribution in [1.29, 1.82) is 0 Å². The average molecular weight is 160 g/mol. The number of thioether (sulfide) groups is 1. The van der Waals surface area contributed by atoms with Crippen LogP contribution in [0.25, 0.3) is 0 Å². The zero-order valence-electron chi connectivity index (χ0n) is 5.30. The summed E-state index contributed by atoms with van der Waals surface area (Å²) >= 11 is 6.47. The summed E-state index contributed by atoms with van der Waals surface area (Å²) in [6, 6.07) is 0. The molecular formula is C6H10NS2. The SMILES string of the molecule is [CH2]SC(=S)N1CCCC1. The molecule has 0 aromatic carbocycles. The van der Waals surface area contributed by atoms with Crippen LogP contribution >= 0.6 is 24.0 Å². The quantitative estimate of drug-likeness (QED) is 0.498. The van der Waals surface area contributed by atoms with E-state index in [1.54, 1.807) is 0 Å². The van der Waals surface area contributed by atoms with E-state index in [4.69, 9.17) is 12.2 Å². The Hall–Kier alpha value is 0.240. The summed E-state index contributed by atoms with van der Waals surface area (Å²) in [6.45, 7) is 2.28. The van der Waals surface area contributed by atoms with Crippen LogP contribution in [0.2, 0.25) is 0 Å². The van der Waals surface area contributed by atoms with Crippen LogP contribution in [0.3, 0.4) is 0 Å². The fraction of sp³-hybridized carbons (Fsp3) is 0.667. The lowest BCUT2D eigenvalue weighted by atomic mass is 10.4. The summed E-state index contributed by atoms with van der Waals surface area (Å²) in [4.78, 5) is 2.22. The van der Waals surface area contributed by atoms with Crippen molar-refractivity contribution in [3.8, 4) is 0 Å². The smallest absolute Gasteiger partial charge is 0.136 e. The lowest BCUT2D eigenvalue weighted by Gasteiger charge is -2.15. The molecule has 0 atom stereocenters. The molecule has 9 heavy (non-hydrogen) atoms.